The molecule has 2 amide bonds. The molecule has 3 rings (SSSR count). The molecule has 0 saturated carbocycles. The number of benzene rings is 2. The average Bonchev–Trinajstić information content (AvgIpc) is 2.89. The van der Waals surface area contributed by atoms with E-state index in [4.69, 9.17) is 11.6 Å². The Morgan fingerprint density at radius 2 is 1.52 bits per heavy atom. The molecule has 0 aliphatic carbocycles. The summed E-state index contributed by atoms with van der Waals surface area (Å²) in [5, 5.41) is 3.71. The van der Waals surface area contributed by atoms with E-state index < -0.39 is 0 Å². The molecule has 0 bridgehead atoms. The van der Waals surface area contributed by atoms with Crippen molar-refractivity contribution in [2.45, 2.75) is 13.8 Å². The van der Waals surface area contributed by atoms with Gasteiger partial charge in [0.2, 0.25) is 0 Å². The second-order valence-corrected chi connectivity index (χ2v) is 6.71. The predicted molar refractivity (Wildman–Crippen MR) is 110 cm³/mol. The molecular formula is C21H22ClN3O2. The van der Waals surface area contributed by atoms with Crippen LogP contribution in [-0.4, -0.2) is 36.9 Å². The minimum atomic E-state index is -0.349. The molecular weight excluding hydrogens is 362 g/mol. The van der Waals surface area contributed by atoms with Gasteiger partial charge in [-0.05, 0) is 55.8 Å². The van der Waals surface area contributed by atoms with Crippen molar-refractivity contribution in [2.24, 2.45) is 0 Å². The number of anilines is 2. The Hall–Kier alpha value is -2.79. The third-order valence-electron chi connectivity index (χ3n) is 4.69. The van der Waals surface area contributed by atoms with Gasteiger partial charge >= 0.3 is 0 Å². The number of amides is 2. The topological polar surface area (TPSA) is 52.7 Å². The Kier molecular flexibility index (Phi) is 5.51. The van der Waals surface area contributed by atoms with Crippen molar-refractivity contribution in [3.63, 3.8) is 0 Å². The lowest BCUT2D eigenvalue weighted by Gasteiger charge is -2.21. The van der Waals surface area contributed by atoms with Crippen LogP contribution in [0, 0.1) is 0 Å². The first kappa shape index (κ1) is 19.0. The van der Waals surface area contributed by atoms with E-state index in [-0.39, 0.29) is 17.5 Å². The minimum absolute atomic E-state index is 0.278. The van der Waals surface area contributed by atoms with Gasteiger partial charge in [0.25, 0.3) is 11.8 Å². The van der Waals surface area contributed by atoms with Crippen molar-refractivity contribution in [1.29, 1.82) is 0 Å². The monoisotopic (exact) mass is 383 g/mol. The number of carbonyl (C=O) groups excluding carboxylic acids is 2. The summed E-state index contributed by atoms with van der Waals surface area (Å²) in [6.45, 7) is 6.06. The molecule has 2 aromatic rings. The normalized spacial score (nSPS) is 14.1. The van der Waals surface area contributed by atoms with E-state index in [2.05, 4.69) is 24.1 Å². The van der Waals surface area contributed by atoms with Gasteiger partial charge in [-0.1, -0.05) is 23.7 Å². The molecule has 0 spiro atoms. The summed E-state index contributed by atoms with van der Waals surface area (Å²) < 4.78 is 0. The summed E-state index contributed by atoms with van der Waals surface area (Å²) in [6, 6.07) is 14.7. The molecule has 0 fully saturated rings. The SMILES string of the molecule is CCN(CC)c1ccc(NC2=C(c3ccc(Cl)cc3)C(=O)N(C)C2=O)cc1. The van der Waals surface area contributed by atoms with Gasteiger partial charge in [0.15, 0.2) is 0 Å². The van der Waals surface area contributed by atoms with Crippen LogP contribution >= 0.6 is 11.6 Å². The maximum absolute atomic E-state index is 12.6. The van der Waals surface area contributed by atoms with Crippen molar-refractivity contribution in [3.05, 3.63) is 64.8 Å². The summed E-state index contributed by atoms with van der Waals surface area (Å²) in [6.07, 6.45) is 0. The molecule has 0 unspecified atom stereocenters. The number of nitrogens with one attached hydrogen (secondary N) is 1. The van der Waals surface area contributed by atoms with Gasteiger partial charge in [0.05, 0.1) is 5.57 Å². The number of nitrogens with zero attached hydrogens (tertiary/aromatic N) is 2. The highest BCUT2D eigenvalue weighted by molar-refractivity contribution is 6.36. The minimum Gasteiger partial charge on any atom is -0.372 e. The molecule has 0 atom stereocenters. The Morgan fingerprint density at radius 1 is 0.926 bits per heavy atom. The summed E-state index contributed by atoms with van der Waals surface area (Å²) in [4.78, 5) is 28.5. The van der Waals surface area contributed by atoms with Crippen LogP contribution in [0.1, 0.15) is 19.4 Å². The van der Waals surface area contributed by atoms with Gasteiger partial charge < -0.3 is 10.2 Å². The van der Waals surface area contributed by atoms with Gasteiger partial charge in [-0.2, -0.15) is 0 Å². The smallest absolute Gasteiger partial charge is 0.277 e. The van der Waals surface area contributed by atoms with Gasteiger partial charge in [0.1, 0.15) is 5.70 Å². The van der Waals surface area contributed by atoms with Crippen LogP contribution < -0.4 is 10.2 Å². The lowest BCUT2D eigenvalue weighted by Crippen LogP contribution is -2.27. The first-order valence-corrected chi connectivity index (χ1v) is 9.28. The summed E-state index contributed by atoms with van der Waals surface area (Å²) in [5.74, 6) is -0.678. The fourth-order valence-corrected chi connectivity index (χ4v) is 3.26. The van der Waals surface area contributed by atoms with Crippen LogP contribution in [0.4, 0.5) is 11.4 Å². The maximum Gasteiger partial charge on any atom is 0.277 e. The van der Waals surface area contributed by atoms with E-state index in [0.717, 1.165) is 29.4 Å². The Balaban J connectivity index is 1.95. The number of likely N-dealkylation sites (N-methyl/N-ethyl adjacent to an activating group) is 1. The van der Waals surface area contributed by atoms with E-state index in [0.29, 0.717) is 16.2 Å². The lowest BCUT2D eigenvalue weighted by molar-refractivity contribution is -0.135. The summed E-state index contributed by atoms with van der Waals surface area (Å²) in [7, 11) is 1.48. The highest BCUT2D eigenvalue weighted by Crippen LogP contribution is 2.30. The molecule has 140 valence electrons. The van der Waals surface area contributed by atoms with Crippen LogP contribution in [0.5, 0.6) is 0 Å². The van der Waals surface area contributed by atoms with E-state index in [9.17, 15) is 9.59 Å². The zero-order valence-electron chi connectivity index (χ0n) is 15.6. The molecule has 0 aromatic heterocycles. The second-order valence-electron chi connectivity index (χ2n) is 6.27. The summed E-state index contributed by atoms with van der Waals surface area (Å²) >= 11 is 5.94. The fourth-order valence-electron chi connectivity index (χ4n) is 3.13. The second kappa shape index (κ2) is 7.84. The molecule has 6 heteroatoms. The van der Waals surface area contributed by atoms with E-state index in [1.54, 1.807) is 24.3 Å². The van der Waals surface area contributed by atoms with E-state index in [1.165, 1.54) is 7.05 Å². The fraction of sp³-hybridized carbons (Fsp3) is 0.238. The molecule has 0 radical (unpaired) electrons. The Labute approximate surface area is 164 Å². The maximum atomic E-state index is 12.6. The van der Waals surface area contributed by atoms with Crippen LogP contribution in [0.15, 0.2) is 54.2 Å². The molecule has 1 N–H and O–H groups in total. The third kappa shape index (κ3) is 3.69. The van der Waals surface area contributed by atoms with Crippen LogP contribution in [0.2, 0.25) is 5.02 Å². The largest absolute Gasteiger partial charge is 0.372 e. The van der Waals surface area contributed by atoms with Crippen molar-refractivity contribution in [1.82, 2.24) is 4.90 Å². The number of imide groups is 1. The molecule has 2 aromatic carbocycles. The first-order valence-electron chi connectivity index (χ1n) is 8.90. The van der Waals surface area contributed by atoms with Gasteiger partial charge in [-0.25, -0.2) is 0 Å². The van der Waals surface area contributed by atoms with Gasteiger partial charge in [0, 0.05) is 36.5 Å². The van der Waals surface area contributed by atoms with Crippen LogP contribution in [0.3, 0.4) is 0 Å². The highest BCUT2D eigenvalue weighted by Gasteiger charge is 2.36. The van der Waals surface area contributed by atoms with Gasteiger partial charge in [-0.15, -0.1) is 0 Å². The first-order chi connectivity index (χ1) is 13.0. The lowest BCUT2D eigenvalue weighted by atomic mass is 10.0. The van der Waals surface area contributed by atoms with E-state index in [1.807, 2.05) is 24.3 Å². The zero-order chi connectivity index (χ0) is 19.6. The Bertz CT molecular complexity index is 885. The third-order valence-corrected chi connectivity index (χ3v) is 4.94. The van der Waals surface area contributed by atoms with Gasteiger partial charge in [-0.3, -0.25) is 14.5 Å². The molecule has 1 aliphatic heterocycles. The average molecular weight is 384 g/mol. The number of rotatable bonds is 6. The van der Waals surface area contributed by atoms with Crippen LogP contribution in [-0.2, 0) is 9.59 Å². The summed E-state index contributed by atoms with van der Waals surface area (Å²) in [5.41, 5.74) is 3.16. The highest BCUT2D eigenvalue weighted by atomic mass is 35.5. The number of hydrogen-bond donors (Lipinski definition) is 1. The quantitative estimate of drug-likeness (QED) is 0.766. The molecule has 27 heavy (non-hydrogen) atoms. The van der Waals surface area contributed by atoms with Crippen molar-refractivity contribution in [3.8, 4) is 0 Å². The van der Waals surface area contributed by atoms with Crippen molar-refractivity contribution in [2.75, 3.05) is 30.4 Å². The molecule has 5 nitrogen and oxygen atoms in total. The molecule has 1 heterocycles. The molecule has 0 saturated heterocycles. The standard InChI is InChI=1S/C21H22ClN3O2/c1-4-25(5-2)17-12-10-16(11-13-17)23-19-18(20(26)24(3)21(19)27)14-6-8-15(22)9-7-14/h6-13,23H,4-5H2,1-3H3. The van der Waals surface area contributed by atoms with Crippen molar-refractivity contribution >= 4 is 40.4 Å². The molecule has 1 aliphatic rings. The Morgan fingerprint density at radius 3 is 2.07 bits per heavy atom. The van der Waals surface area contributed by atoms with Crippen molar-refractivity contribution < 1.29 is 9.59 Å². The number of halogens is 1. The number of hydrogen-bond acceptors (Lipinski definition) is 4. The predicted octanol–water partition coefficient (Wildman–Crippen LogP) is 4.01. The van der Waals surface area contributed by atoms with E-state index >= 15 is 0 Å². The van der Waals surface area contributed by atoms with Crippen LogP contribution in [0.25, 0.3) is 5.57 Å². The number of carbonyl (C=O) groups is 2. The zero-order valence-corrected chi connectivity index (χ0v) is 16.4.